The average Bonchev–Trinajstić information content (AvgIpc) is 2.98. The Balaban J connectivity index is 2.07. The molecule has 0 bridgehead atoms. The minimum atomic E-state index is -2.57. The molecule has 0 N–H and O–H groups in total. The predicted molar refractivity (Wildman–Crippen MR) is 102 cm³/mol. The maximum Gasteiger partial charge on any atom is 0.504 e. The summed E-state index contributed by atoms with van der Waals surface area (Å²) in [7, 11) is -2.57. The van der Waals surface area contributed by atoms with Crippen molar-refractivity contribution in [2.24, 2.45) is 0 Å². The maximum atomic E-state index is 6.16. The first-order chi connectivity index (χ1) is 11.8. The van der Waals surface area contributed by atoms with E-state index in [4.69, 9.17) is 13.3 Å². The number of hydrogen-bond acceptors (Lipinski definition) is 3. The van der Waals surface area contributed by atoms with Crippen molar-refractivity contribution in [3.63, 3.8) is 0 Å². The fourth-order valence-electron chi connectivity index (χ4n) is 4.07. The molecule has 0 radical (unpaired) electrons. The van der Waals surface area contributed by atoms with Gasteiger partial charge in [0.2, 0.25) is 0 Å². The smallest absolute Gasteiger partial charge is 0.374 e. The second kappa shape index (κ2) is 10.5. The van der Waals surface area contributed by atoms with E-state index in [1.807, 2.05) is 0 Å². The Labute approximate surface area is 149 Å². The molecule has 0 saturated carbocycles. The number of hydrogen-bond donors (Lipinski definition) is 0. The van der Waals surface area contributed by atoms with Gasteiger partial charge in [-0.05, 0) is 83.3 Å². The maximum absolute atomic E-state index is 6.16. The summed E-state index contributed by atoms with van der Waals surface area (Å²) in [6.07, 6.45) is 16.1. The van der Waals surface area contributed by atoms with E-state index in [1.165, 1.54) is 32.1 Å². The monoisotopic (exact) mass is 352 g/mol. The summed E-state index contributed by atoms with van der Waals surface area (Å²) in [5.41, 5.74) is 3.63. The van der Waals surface area contributed by atoms with Gasteiger partial charge in [0.25, 0.3) is 0 Å². The summed E-state index contributed by atoms with van der Waals surface area (Å²) in [5.74, 6) is 0. The zero-order valence-corrected chi connectivity index (χ0v) is 16.9. The van der Waals surface area contributed by atoms with E-state index in [-0.39, 0.29) is 0 Å². The van der Waals surface area contributed by atoms with Crippen LogP contribution in [0.2, 0.25) is 5.54 Å². The summed E-state index contributed by atoms with van der Waals surface area (Å²) < 4.78 is 18.5. The third-order valence-corrected chi connectivity index (χ3v) is 8.81. The highest BCUT2D eigenvalue weighted by molar-refractivity contribution is 6.62. The molecular weight excluding hydrogens is 316 g/mol. The van der Waals surface area contributed by atoms with E-state index < -0.39 is 8.80 Å². The largest absolute Gasteiger partial charge is 0.504 e. The molecule has 0 heterocycles. The van der Waals surface area contributed by atoms with E-state index in [9.17, 15) is 0 Å². The highest BCUT2D eigenvalue weighted by Crippen LogP contribution is 2.40. The van der Waals surface area contributed by atoms with Gasteiger partial charge in [-0.2, -0.15) is 0 Å². The molecule has 24 heavy (non-hydrogen) atoms. The zero-order valence-electron chi connectivity index (χ0n) is 15.9. The molecule has 0 unspecified atom stereocenters. The normalized spacial score (nSPS) is 23.2. The molecule has 0 aromatic heterocycles. The van der Waals surface area contributed by atoms with E-state index in [0.29, 0.717) is 25.4 Å². The summed E-state index contributed by atoms with van der Waals surface area (Å²) in [6.45, 7) is 8.18. The molecule has 2 aliphatic carbocycles. The third-order valence-electron chi connectivity index (χ3n) is 5.16. The van der Waals surface area contributed by atoms with E-state index in [2.05, 4.69) is 32.9 Å². The van der Waals surface area contributed by atoms with Crippen molar-refractivity contribution < 1.29 is 13.3 Å². The first-order valence-electron chi connectivity index (χ1n) is 10.1. The molecule has 2 aliphatic rings. The Morgan fingerprint density at radius 2 is 1.42 bits per heavy atom. The molecule has 0 amide bonds. The van der Waals surface area contributed by atoms with E-state index in [1.54, 1.807) is 11.1 Å². The van der Waals surface area contributed by atoms with Crippen LogP contribution in [0.3, 0.4) is 0 Å². The first kappa shape index (κ1) is 19.9. The fourth-order valence-corrected chi connectivity index (χ4v) is 7.25. The second-order valence-electron chi connectivity index (χ2n) is 6.77. The van der Waals surface area contributed by atoms with Gasteiger partial charge in [0.15, 0.2) is 0 Å². The van der Waals surface area contributed by atoms with Gasteiger partial charge < -0.3 is 13.3 Å². The molecule has 1 atom stereocenters. The quantitative estimate of drug-likeness (QED) is 0.517. The van der Waals surface area contributed by atoms with Gasteiger partial charge in [0, 0.05) is 25.4 Å². The molecule has 3 nitrogen and oxygen atoms in total. The molecule has 0 saturated heterocycles. The summed E-state index contributed by atoms with van der Waals surface area (Å²) in [6, 6.07) is 0. The highest BCUT2D eigenvalue weighted by Gasteiger charge is 2.48. The topological polar surface area (TPSA) is 27.7 Å². The van der Waals surface area contributed by atoms with Gasteiger partial charge in [-0.1, -0.05) is 18.6 Å². The van der Waals surface area contributed by atoms with Crippen LogP contribution in [0.5, 0.6) is 0 Å². The Bertz CT molecular complexity index is 414. The van der Waals surface area contributed by atoms with E-state index in [0.717, 1.165) is 25.7 Å². The van der Waals surface area contributed by atoms with Gasteiger partial charge in [-0.15, -0.1) is 0 Å². The molecule has 0 aromatic carbocycles. The molecule has 0 spiro atoms. The van der Waals surface area contributed by atoms with Crippen LogP contribution < -0.4 is 0 Å². The van der Waals surface area contributed by atoms with Gasteiger partial charge in [0.1, 0.15) is 0 Å². The van der Waals surface area contributed by atoms with Crippen LogP contribution in [0.4, 0.5) is 0 Å². The van der Waals surface area contributed by atoms with Crippen LogP contribution in [0.25, 0.3) is 0 Å². The second-order valence-corrected chi connectivity index (χ2v) is 9.66. The molecule has 0 aliphatic heterocycles. The van der Waals surface area contributed by atoms with Gasteiger partial charge in [-0.25, -0.2) is 0 Å². The molecule has 4 heteroatoms. The molecule has 0 fully saturated rings. The van der Waals surface area contributed by atoms with Gasteiger partial charge in [0.05, 0.1) is 0 Å². The van der Waals surface area contributed by atoms with Crippen molar-refractivity contribution in [1.29, 1.82) is 0 Å². The lowest BCUT2D eigenvalue weighted by atomic mass is 9.97. The molecule has 0 aromatic rings. The average molecular weight is 353 g/mol. The summed E-state index contributed by atoms with van der Waals surface area (Å²) in [4.78, 5) is 0. The fraction of sp³-hybridized carbons (Fsp3) is 0.800. The van der Waals surface area contributed by atoms with Crippen LogP contribution in [0.15, 0.2) is 23.3 Å². The number of rotatable bonds is 8. The summed E-state index contributed by atoms with van der Waals surface area (Å²) in [5, 5.41) is 0. The lowest BCUT2D eigenvalue weighted by molar-refractivity contribution is 0.0590. The highest BCUT2D eigenvalue weighted by atomic mass is 28.4. The van der Waals surface area contributed by atoms with Gasteiger partial charge in [-0.3, -0.25) is 0 Å². The number of allylic oxidation sites excluding steroid dienone is 4. The molecular formula is C20H36O3Si. The van der Waals surface area contributed by atoms with Gasteiger partial charge >= 0.3 is 8.80 Å². The standard InChI is InChI=1S/C20H36O3Si/c1-4-21-24(22-5-2,23-6-3)20-15-11-14-19(16-17-20)18-12-9-7-8-10-13-18/h12,14,20H,4-11,13,15-17H2,1-3H3/t20-/m0/s1. The third kappa shape index (κ3) is 5.28. The van der Waals surface area contributed by atoms with Crippen molar-refractivity contribution >= 4 is 8.80 Å². The van der Waals surface area contributed by atoms with Crippen molar-refractivity contribution in [2.75, 3.05) is 19.8 Å². The van der Waals surface area contributed by atoms with Crippen LogP contribution in [-0.2, 0) is 13.3 Å². The minimum absolute atomic E-state index is 0.428. The lowest BCUT2D eigenvalue weighted by Crippen LogP contribution is -2.50. The van der Waals surface area contributed by atoms with Crippen molar-refractivity contribution in [3.8, 4) is 0 Å². The molecule has 2 rings (SSSR count). The summed E-state index contributed by atoms with van der Waals surface area (Å²) >= 11 is 0. The SMILES string of the molecule is CCO[Si](OCC)(OCC)[C@H]1CCC=C(C2=CCCCCC2)CC1. The van der Waals surface area contributed by atoms with E-state index >= 15 is 0 Å². The van der Waals surface area contributed by atoms with Crippen LogP contribution in [0.1, 0.15) is 78.6 Å². The van der Waals surface area contributed by atoms with Crippen LogP contribution >= 0.6 is 0 Å². The predicted octanol–water partition coefficient (Wildman–Crippen LogP) is 5.80. The Kier molecular flexibility index (Phi) is 8.74. The first-order valence-corrected chi connectivity index (χ1v) is 11.9. The van der Waals surface area contributed by atoms with Crippen molar-refractivity contribution in [2.45, 2.75) is 84.1 Å². The van der Waals surface area contributed by atoms with Crippen LogP contribution in [0, 0.1) is 0 Å². The van der Waals surface area contributed by atoms with Crippen LogP contribution in [-0.4, -0.2) is 28.6 Å². The Morgan fingerprint density at radius 3 is 2.08 bits per heavy atom. The zero-order chi connectivity index (χ0) is 17.3. The Hall–Kier alpha value is -0.423. The molecule has 138 valence electrons. The lowest BCUT2D eigenvalue weighted by Gasteiger charge is -2.35. The Morgan fingerprint density at radius 1 is 0.792 bits per heavy atom. The van der Waals surface area contributed by atoms with Crippen molar-refractivity contribution in [3.05, 3.63) is 23.3 Å². The van der Waals surface area contributed by atoms with Crippen molar-refractivity contribution in [1.82, 2.24) is 0 Å². The minimum Gasteiger partial charge on any atom is -0.374 e.